The van der Waals surface area contributed by atoms with E-state index in [-0.39, 0.29) is 0 Å². The lowest BCUT2D eigenvalue weighted by Crippen LogP contribution is -1.99. The number of para-hydroxylation sites is 5. The van der Waals surface area contributed by atoms with Crippen LogP contribution in [0.15, 0.2) is 224 Å². The second kappa shape index (κ2) is 14.0. The summed E-state index contributed by atoms with van der Waals surface area (Å²) < 4.78 is 7.31. The van der Waals surface area contributed by atoms with E-state index in [1.807, 2.05) is 24.3 Å². The van der Waals surface area contributed by atoms with Crippen LogP contribution >= 0.6 is 0 Å². The largest absolute Gasteiger partial charge is 0.309 e. The molecule has 0 fully saturated rings. The Labute approximate surface area is 363 Å². The molecule has 5 nitrogen and oxygen atoms in total. The minimum Gasteiger partial charge on any atom is -0.309 e. The molecule has 63 heavy (non-hydrogen) atoms. The Balaban J connectivity index is 1.12. The molecular weight excluding hydrogens is 767 g/mol. The Bertz CT molecular complexity index is 3820. The molecule has 4 heterocycles. The molecule has 294 valence electrons. The average Bonchev–Trinajstić information content (AvgIpc) is 4.00. The van der Waals surface area contributed by atoms with Gasteiger partial charge in [0.05, 0.1) is 44.5 Å². The number of fused-ring (bicyclic) bond motifs is 10. The normalized spacial score (nSPS) is 11.8. The third kappa shape index (κ3) is 5.43. The molecule has 0 atom stereocenters. The van der Waals surface area contributed by atoms with E-state index in [4.69, 9.17) is 9.97 Å². The van der Waals surface area contributed by atoms with Crippen LogP contribution in [0, 0.1) is 0 Å². The van der Waals surface area contributed by atoms with Crippen molar-refractivity contribution in [2.45, 2.75) is 0 Å². The molecule has 0 aliphatic carbocycles. The lowest BCUT2D eigenvalue weighted by atomic mass is 10.0. The highest BCUT2D eigenvalue weighted by molar-refractivity contribution is 6.27. The first kappa shape index (κ1) is 35.2. The molecule has 0 saturated heterocycles. The molecule has 9 aromatic carbocycles. The Hall–Kier alpha value is -8.54. The SMILES string of the molecule is c1ccc(-c2cc(-c3cccc4c5ccc6c(c7ccccc7n6-c6ccc7c(c6)c6ccccc6n7-c6ccccc6)c5n(-c5ccccc5)c34)nc(-c3ccccc3)n2)cc1. The van der Waals surface area contributed by atoms with E-state index in [0.29, 0.717) is 5.82 Å². The summed E-state index contributed by atoms with van der Waals surface area (Å²) in [7, 11) is 0. The molecule has 0 N–H and O–H groups in total. The summed E-state index contributed by atoms with van der Waals surface area (Å²) >= 11 is 0. The summed E-state index contributed by atoms with van der Waals surface area (Å²) in [6, 6.07) is 80.2. The zero-order valence-electron chi connectivity index (χ0n) is 34.1. The van der Waals surface area contributed by atoms with Crippen LogP contribution in [0.1, 0.15) is 0 Å². The summed E-state index contributed by atoms with van der Waals surface area (Å²) in [6.07, 6.45) is 0. The Morgan fingerprint density at radius 3 is 1.54 bits per heavy atom. The molecule has 0 spiro atoms. The summed E-state index contributed by atoms with van der Waals surface area (Å²) in [5.74, 6) is 0.695. The molecule has 5 heteroatoms. The second-order valence-electron chi connectivity index (χ2n) is 16.2. The van der Waals surface area contributed by atoms with Crippen molar-refractivity contribution in [1.82, 2.24) is 23.7 Å². The predicted molar refractivity (Wildman–Crippen MR) is 261 cm³/mol. The molecule has 0 aliphatic rings. The van der Waals surface area contributed by atoms with E-state index in [1.165, 1.54) is 48.9 Å². The quantitative estimate of drug-likeness (QED) is 0.168. The summed E-state index contributed by atoms with van der Waals surface area (Å²) in [4.78, 5) is 10.5. The van der Waals surface area contributed by atoms with E-state index in [0.717, 1.165) is 61.7 Å². The Morgan fingerprint density at radius 2 is 0.810 bits per heavy atom. The van der Waals surface area contributed by atoms with Crippen molar-refractivity contribution in [2.24, 2.45) is 0 Å². The maximum atomic E-state index is 5.35. The number of hydrogen-bond donors (Lipinski definition) is 0. The highest BCUT2D eigenvalue weighted by Crippen LogP contribution is 2.45. The fourth-order valence-corrected chi connectivity index (χ4v) is 9.94. The van der Waals surface area contributed by atoms with Gasteiger partial charge >= 0.3 is 0 Å². The van der Waals surface area contributed by atoms with Gasteiger partial charge in [-0.3, -0.25) is 0 Å². The first-order valence-electron chi connectivity index (χ1n) is 21.4. The lowest BCUT2D eigenvalue weighted by Gasteiger charge is -2.14. The van der Waals surface area contributed by atoms with Gasteiger partial charge in [0.25, 0.3) is 0 Å². The summed E-state index contributed by atoms with van der Waals surface area (Å²) in [5.41, 5.74) is 15.1. The maximum absolute atomic E-state index is 5.35. The van der Waals surface area contributed by atoms with Gasteiger partial charge in [-0.25, -0.2) is 9.97 Å². The predicted octanol–water partition coefficient (Wildman–Crippen LogP) is 14.8. The van der Waals surface area contributed by atoms with Gasteiger partial charge in [0, 0.05) is 66.1 Å². The van der Waals surface area contributed by atoms with Crippen molar-refractivity contribution in [3.05, 3.63) is 224 Å². The van der Waals surface area contributed by atoms with Crippen LogP contribution in [0.2, 0.25) is 0 Å². The zero-order chi connectivity index (χ0) is 41.4. The van der Waals surface area contributed by atoms with Gasteiger partial charge in [-0.05, 0) is 66.7 Å². The van der Waals surface area contributed by atoms with E-state index in [9.17, 15) is 0 Å². The van der Waals surface area contributed by atoms with Gasteiger partial charge in [-0.1, -0.05) is 158 Å². The first-order chi connectivity index (χ1) is 31.3. The molecule has 0 aliphatic heterocycles. The fourth-order valence-electron chi connectivity index (χ4n) is 9.94. The van der Waals surface area contributed by atoms with Crippen LogP contribution in [0.4, 0.5) is 0 Å². The molecule has 4 aromatic heterocycles. The van der Waals surface area contributed by atoms with Crippen LogP contribution < -0.4 is 0 Å². The average molecular weight is 804 g/mol. The number of rotatable bonds is 6. The van der Waals surface area contributed by atoms with Crippen molar-refractivity contribution in [3.63, 3.8) is 0 Å². The third-order valence-corrected chi connectivity index (χ3v) is 12.6. The lowest BCUT2D eigenvalue weighted by molar-refractivity contribution is 1.16. The van der Waals surface area contributed by atoms with Crippen LogP contribution in [0.3, 0.4) is 0 Å². The van der Waals surface area contributed by atoms with E-state index in [2.05, 4.69) is 214 Å². The smallest absolute Gasteiger partial charge is 0.160 e. The zero-order valence-corrected chi connectivity index (χ0v) is 34.1. The highest BCUT2D eigenvalue weighted by Gasteiger charge is 2.24. The monoisotopic (exact) mass is 803 g/mol. The minimum atomic E-state index is 0.695. The summed E-state index contributed by atoms with van der Waals surface area (Å²) in [6.45, 7) is 0. The molecule has 0 bridgehead atoms. The number of aromatic nitrogens is 5. The topological polar surface area (TPSA) is 40.6 Å². The van der Waals surface area contributed by atoms with Gasteiger partial charge in [-0.15, -0.1) is 0 Å². The molecule has 13 rings (SSSR count). The van der Waals surface area contributed by atoms with Crippen LogP contribution in [0.5, 0.6) is 0 Å². The molecule has 0 amide bonds. The van der Waals surface area contributed by atoms with Crippen molar-refractivity contribution >= 4 is 65.4 Å². The van der Waals surface area contributed by atoms with Crippen LogP contribution in [0.25, 0.3) is 116 Å². The number of nitrogens with zero attached hydrogens (tertiary/aromatic N) is 5. The van der Waals surface area contributed by atoms with E-state index < -0.39 is 0 Å². The molecule has 0 radical (unpaired) electrons. The molecule has 0 saturated carbocycles. The van der Waals surface area contributed by atoms with E-state index in [1.54, 1.807) is 0 Å². The maximum Gasteiger partial charge on any atom is 0.160 e. The van der Waals surface area contributed by atoms with Gasteiger partial charge < -0.3 is 13.7 Å². The van der Waals surface area contributed by atoms with Crippen LogP contribution in [-0.2, 0) is 0 Å². The van der Waals surface area contributed by atoms with Gasteiger partial charge in [-0.2, -0.15) is 0 Å². The first-order valence-corrected chi connectivity index (χ1v) is 21.4. The highest BCUT2D eigenvalue weighted by atomic mass is 15.0. The summed E-state index contributed by atoms with van der Waals surface area (Å²) in [5, 5.41) is 7.21. The van der Waals surface area contributed by atoms with Gasteiger partial charge in [0.15, 0.2) is 5.82 Å². The molecule has 13 aromatic rings. The van der Waals surface area contributed by atoms with Gasteiger partial charge in [0.1, 0.15) is 0 Å². The number of hydrogen-bond acceptors (Lipinski definition) is 2. The van der Waals surface area contributed by atoms with Crippen molar-refractivity contribution in [2.75, 3.05) is 0 Å². The standard InChI is InChI=1S/C58H37N5/c1-5-18-38(19-6-1)49-37-50(60-58(59-49)39-20-7-2-8-21-39)46-29-17-28-44-45-33-35-54-55(57(45)63(56(44)46)41-24-11-4-12-25-41)47-27-14-16-31-52(47)62(54)42-32-34-53-48(36-42)43-26-13-15-30-51(43)61(53)40-22-9-3-10-23-40/h1-37H. The second-order valence-corrected chi connectivity index (χ2v) is 16.2. The van der Waals surface area contributed by atoms with Crippen molar-refractivity contribution < 1.29 is 0 Å². The Morgan fingerprint density at radius 1 is 0.286 bits per heavy atom. The fraction of sp³-hybridized carbons (Fsp3) is 0. The minimum absolute atomic E-state index is 0.695. The third-order valence-electron chi connectivity index (χ3n) is 12.6. The number of benzene rings is 9. The van der Waals surface area contributed by atoms with Crippen molar-refractivity contribution in [3.8, 4) is 51.0 Å². The van der Waals surface area contributed by atoms with Gasteiger partial charge in [0.2, 0.25) is 0 Å². The molecule has 0 unspecified atom stereocenters. The Kier molecular flexibility index (Phi) is 7.84. The van der Waals surface area contributed by atoms with E-state index >= 15 is 0 Å². The molecular formula is C58H37N5. The van der Waals surface area contributed by atoms with Crippen molar-refractivity contribution in [1.29, 1.82) is 0 Å². The van der Waals surface area contributed by atoms with Crippen LogP contribution in [-0.4, -0.2) is 23.7 Å².